The van der Waals surface area contributed by atoms with Crippen molar-refractivity contribution in [1.29, 1.82) is 0 Å². The number of aryl methyl sites for hydroxylation is 1. The summed E-state index contributed by atoms with van der Waals surface area (Å²) < 4.78 is 13.4. The topological polar surface area (TPSA) is 82.8 Å². The van der Waals surface area contributed by atoms with Crippen LogP contribution in [-0.4, -0.2) is 25.0 Å². The summed E-state index contributed by atoms with van der Waals surface area (Å²) in [5.41, 5.74) is 1.88. The van der Waals surface area contributed by atoms with E-state index in [4.69, 9.17) is 8.83 Å². The van der Waals surface area contributed by atoms with Crippen LogP contribution in [0.3, 0.4) is 0 Å². The molecule has 1 unspecified atom stereocenters. The van der Waals surface area contributed by atoms with E-state index in [1.165, 1.54) is 11.8 Å². The number of benzene rings is 1. The van der Waals surface area contributed by atoms with Gasteiger partial charge in [-0.05, 0) is 43.5 Å². The molecule has 5 rings (SSSR count). The van der Waals surface area contributed by atoms with Crippen LogP contribution in [0.15, 0.2) is 74.2 Å². The van der Waals surface area contributed by atoms with Gasteiger partial charge in [-0.1, -0.05) is 36.0 Å². The molecule has 9 heteroatoms. The molecule has 7 nitrogen and oxygen atoms in total. The van der Waals surface area contributed by atoms with Crippen LogP contribution in [0.1, 0.15) is 23.8 Å². The summed E-state index contributed by atoms with van der Waals surface area (Å²) in [7, 11) is 0. The number of nitrogens with zero attached hydrogens (tertiary/aromatic N) is 5. The van der Waals surface area contributed by atoms with E-state index in [1.54, 1.807) is 17.6 Å². The van der Waals surface area contributed by atoms with Crippen molar-refractivity contribution in [1.82, 2.24) is 25.0 Å². The van der Waals surface area contributed by atoms with Crippen molar-refractivity contribution in [2.45, 2.75) is 24.3 Å². The first-order valence-corrected chi connectivity index (χ1v) is 11.1. The van der Waals surface area contributed by atoms with Crippen LogP contribution in [0.4, 0.5) is 0 Å². The third-order valence-corrected chi connectivity index (χ3v) is 6.44. The minimum Gasteiger partial charge on any atom is -0.469 e. The van der Waals surface area contributed by atoms with Crippen molar-refractivity contribution in [2.75, 3.05) is 0 Å². The van der Waals surface area contributed by atoms with E-state index in [9.17, 15) is 0 Å². The summed E-state index contributed by atoms with van der Waals surface area (Å²) in [6, 6.07) is 15.8. The summed E-state index contributed by atoms with van der Waals surface area (Å²) in [5.74, 6) is 2.60. The van der Waals surface area contributed by atoms with Crippen molar-refractivity contribution in [3.63, 3.8) is 0 Å². The van der Waals surface area contributed by atoms with Gasteiger partial charge in [0.2, 0.25) is 5.89 Å². The molecule has 5 aromatic rings. The molecule has 0 fully saturated rings. The Bertz CT molecular complexity index is 1260. The predicted octanol–water partition coefficient (Wildman–Crippen LogP) is 5.80. The molecular formula is C21H17N5O2S2. The van der Waals surface area contributed by atoms with Crippen LogP contribution in [-0.2, 0) is 0 Å². The van der Waals surface area contributed by atoms with E-state index in [0.29, 0.717) is 11.8 Å². The lowest BCUT2D eigenvalue weighted by Crippen LogP contribution is -2.01. The first kappa shape index (κ1) is 18.8. The fourth-order valence-electron chi connectivity index (χ4n) is 3.05. The van der Waals surface area contributed by atoms with Crippen molar-refractivity contribution in [2.24, 2.45) is 0 Å². The first-order valence-electron chi connectivity index (χ1n) is 9.30. The number of aromatic nitrogens is 5. The summed E-state index contributed by atoms with van der Waals surface area (Å²) in [6.07, 6.45) is 1.66. The second-order valence-electron chi connectivity index (χ2n) is 6.55. The summed E-state index contributed by atoms with van der Waals surface area (Å²) in [4.78, 5) is 0.955. The van der Waals surface area contributed by atoms with E-state index in [-0.39, 0.29) is 5.25 Å². The van der Waals surface area contributed by atoms with Gasteiger partial charge in [-0.15, -0.1) is 31.7 Å². The van der Waals surface area contributed by atoms with Gasteiger partial charge in [0, 0.05) is 5.69 Å². The predicted molar refractivity (Wildman–Crippen MR) is 116 cm³/mol. The highest BCUT2D eigenvalue weighted by Crippen LogP contribution is 2.38. The molecule has 0 N–H and O–H groups in total. The molecule has 30 heavy (non-hydrogen) atoms. The number of thiophene rings is 1. The quantitative estimate of drug-likeness (QED) is 0.312. The maximum atomic E-state index is 5.90. The zero-order valence-corrected chi connectivity index (χ0v) is 17.9. The fourth-order valence-corrected chi connectivity index (χ4v) is 4.60. The zero-order valence-electron chi connectivity index (χ0n) is 16.2. The van der Waals surface area contributed by atoms with Gasteiger partial charge in [0.15, 0.2) is 11.0 Å². The molecular weight excluding hydrogens is 418 g/mol. The molecule has 0 aliphatic carbocycles. The molecule has 0 saturated heterocycles. The van der Waals surface area contributed by atoms with Gasteiger partial charge in [0.1, 0.15) is 5.76 Å². The van der Waals surface area contributed by atoms with Crippen LogP contribution < -0.4 is 0 Å². The molecule has 4 aromatic heterocycles. The van der Waals surface area contributed by atoms with Crippen LogP contribution in [0.5, 0.6) is 0 Å². The molecule has 4 heterocycles. The van der Waals surface area contributed by atoms with Gasteiger partial charge in [0.25, 0.3) is 5.89 Å². The third-order valence-electron chi connectivity index (χ3n) is 4.55. The zero-order chi connectivity index (χ0) is 20.5. The van der Waals surface area contributed by atoms with Crippen LogP contribution in [0, 0.1) is 6.92 Å². The van der Waals surface area contributed by atoms with Gasteiger partial charge in [0.05, 0.1) is 22.0 Å². The van der Waals surface area contributed by atoms with E-state index in [0.717, 1.165) is 32.9 Å². The smallest absolute Gasteiger partial charge is 0.257 e. The SMILES string of the molecule is Cc1occc1-c1nnc(SC(C)c2nnc(-c3cccs3)o2)n1-c1ccccc1. The highest BCUT2D eigenvalue weighted by atomic mass is 32.2. The van der Waals surface area contributed by atoms with Crippen molar-refractivity contribution in [3.8, 4) is 27.8 Å². The minimum absolute atomic E-state index is 0.101. The fraction of sp³-hybridized carbons (Fsp3) is 0.143. The van der Waals surface area contributed by atoms with Gasteiger partial charge in [-0.3, -0.25) is 4.57 Å². The molecule has 0 amide bonds. The average molecular weight is 436 g/mol. The van der Waals surface area contributed by atoms with E-state index < -0.39 is 0 Å². The van der Waals surface area contributed by atoms with Crippen molar-refractivity contribution < 1.29 is 8.83 Å². The number of furan rings is 1. The standard InChI is InChI=1S/C21H17N5O2S2/c1-13-16(10-11-27-13)18-22-25-21(26(18)15-7-4-3-5-8-15)30-14(2)19-23-24-20(28-19)17-9-6-12-29-17/h3-12,14H,1-2H3. The van der Waals surface area contributed by atoms with Gasteiger partial charge in [-0.2, -0.15) is 0 Å². The molecule has 0 aliphatic rings. The molecule has 0 aliphatic heterocycles. The van der Waals surface area contributed by atoms with Crippen LogP contribution in [0.2, 0.25) is 0 Å². The third kappa shape index (κ3) is 3.46. The molecule has 1 atom stereocenters. The molecule has 1 aromatic carbocycles. The summed E-state index contributed by atoms with van der Waals surface area (Å²) in [6.45, 7) is 3.93. The lowest BCUT2D eigenvalue weighted by Gasteiger charge is -2.11. The number of hydrogen-bond donors (Lipinski definition) is 0. The Labute approximate surface area is 180 Å². The van der Waals surface area contributed by atoms with Crippen LogP contribution in [0.25, 0.3) is 27.8 Å². The Hall–Kier alpha value is -3.17. The molecule has 0 bridgehead atoms. The van der Waals surface area contributed by atoms with E-state index in [2.05, 4.69) is 20.4 Å². The maximum absolute atomic E-state index is 5.90. The Balaban J connectivity index is 1.50. The lowest BCUT2D eigenvalue weighted by atomic mass is 10.2. The molecule has 0 spiro atoms. The van der Waals surface area contributed by atoms with E-state index in [1.807, 2.05) is 72.3 Å². The molecule has 0 saturated carbocycles. The number of thioether (sulfide) groups is 1. The number of rotatable bonds is 6. The molecule has 0 radical (unpaired) electrons. The van der Waals surface area contributed by atoms with Crippen LogP contribution >= 0.6 is 23.1 Å². The second-order valence-corrected chi connectivity index (χ2v) is 8.81. The minimum atomic E-state index is -0.101. The average Bonchev–Trinajstić information content (AvgIpc) is 3.55. The van der Waals surface area contributed by atoms with Crippen molar-refractivity contribution in [3.05, 3.63) is 71.8 Å². The summed E-state index contributed by atoms with van der Waals surface area (Å²) >= 11 is 3.09. The highest BCUT2D eigenvalue weighted by Gasteiger charge is 2.23. The number of hydrogen-bond acceptors (Lipinski definition) is 8. The van der Waals surface area contributed by atoms with Gasteiger partial charge >= 0.3 is 0 Å². The monoisotopic (exact) mass is 435 g/mol. The highest BCUT2D eigenvalue weighted by molar-refractivity contribution is 7.99. The first-order chi connectivity index (χ1) is 14.7. The maximum Gasteiger partial charge on any atom is 0.257 e. The Kier molecular flexibility index (Phi) is 4.97. The van der Waals surface area contributed by atoms with Gasteiger partial charge < -0.3 is 8.83 Å². The Morgan fingerprint density at radius 2 is 1.87 bits per heavy atom. The summed E-state index contributed by atoms with van der Waals surface area (Å²) in [5, 5.41) is 20.0. The number of para-hydroxylation sites is 1. The largest absolute Gasteiger partial charge is 0.469 e. The van der Waals surface area contributed by atoms with Gasteiger partial charge in [-0.25, -0.2) is 0 Å². The van der Waals surface area contributed by atoms with Crippen molar-refractivity contribution >= 4 is 23.1 Å². The lowest BCUT2D eigenvalue weighted by molar-refractivity contribution is 0.510. The second kappa shape index (κ2) is 7.92. The normalized spacial score (nSPS) is 12.3. The molecule has 150 valence electrons. The van der Waals surface area contributed by atoms with E-state index >= 15 is 0 Å². The Morgan fingerprint density at radius 1 is 1.00 bits per heavy atom. The Morgan fingerprint density at radius 3 is 2.60 bits per heavy atom.